The summed E-state index contributed by atoms with van der Waals surface area (Å²) < 4.78 is 32.6. The lowest BCUT2D eigenvalue weighted by Crippen LogP contribution is -2.28. The molecule has 0 aliphatic rings. The molecular weight excluding hydrogens is 575 g/mol. The zero-order valence-corrected chi connectivity index (χ0v) is 28.1. The molecule has 0 aliphatic heterocycles. The highest BCUT2D eigenvalue weighted by Gasteiger charge is 2.29. The van der Waals surface area contributed by atoms with Crippen LogP contribution in [-0.2, 0) is 32.7 Å². The maximum atomic E-state index is 12.3. The Bertz CT molecular complexity index is 666. The van der Waals surface area contributed by atoms with Gasteiger partial charge in [-0.1, -0.05) is 129 Å². The quantitative estimate of drug-likeness (QED) is 0.0383. The first-order valence-electron chi connectivity index (χ1n) is 17.0. The minimum absolute atomic E-state index is 0.220. The van der Waals surface area contributed by atoms with E-state index in [0.29, 0.717) is 12.8 Å². The van der Waals surface area contributed by atoms with E-state index in [0.717, 1.165) is 38.5 Å². The third kappa shape index (κ3) is 29.4. The molecule has 3 N–H and O–H groups in total. The van der Waals surface area contributed by atoms with Gasteiger partial charge in [-0.05, 0) is 12.8 Å². The van der Waals surface area contributed by atoms with Crippen LogP contribution in [0.1, 0.15) is 155 Å². The zero-order valence-electron chi connectivity index (χ0n) is 27.2. The molecule has 0 aromatic carbocycles. The van der Waals surface area contributed by atoms with Crippen molar-refractivity contribution in [2.45, 2.75) is 167 Å². The molecule has 2 atom stereocenters. The lowest BCUT2D eigenvalue weighted by atomic mass is 10.1. The number of ether oxygens (including phenoxy) is 2. The van der Waals surface area contributed by atoms with Gasteiger partial charge in [-0.25, -0.2) is 4.57 Å². The molecule has 11 heteroatoms. The van der Waals surface area contributed by atoms with E-state index in [1.54, 1.807) is 0 Å². The van der Waals surface area contributed by atoms with Crippen molar-refractivity contribution in [1.29, 1.82) is 0 Å². The molecule has 10 nitrogen and oxygen atoms in total. The topological polar surface area (TPSA) is 149 Å². The van der Waals surface area contributed by atoms with E-state index in [1.165, 1.54) is 77.0 Å². The van der Waals surface area contributed by atoms with Gasteiger partial charge in [0, 0.05) is 12.8 Å². The van der Waals surface area contributed by atoms with Crippen LogP contribution in [0.25, 0.3) is 0 Å². The summed E-state index contributed by atoms with van der Waals surface area (Å²) in [4.78, 5) is 34.5. The Morgan fingerprint density at radius 3 is 1.30 bits per heavy atom. The van der Waals surface area contributed by atoms with Crippen molar-refractivity contribution in [3.05, 3.63) is 0 Å². The molecule has 0 aliphatic carbocycles. The molecule has 0 radical (unpaired) electrons. The Balaban J connectivity index is 4.39. The van der Waals surface area contributed by atoms with Gasteiger partial charge >= 0.3 is 19.8 Å². The van der Waals surface area contributed by atoms with E-state index in [-0.39, 0.29) is 12.8 Å². The van der Waals surface area contributed by atoms with Gasteiger partial charge in [0.1, 0.15) is 25.4 Å². The number of hydrogen-bond donors (Lipinski definition) is 3. The maximum absolute atomic E-state index is 12.3. The summed E-state index contributed by atoms with van der Waals surface area (Å²) in [6.07, 6.45) is 20.7. The van der Waals surface area contributed by atoms with E-state index in [1.807, 2.05) is 0 Å². The van der Waals surface area contributed by atoms with Crippen LogP contribution in [0.2, 0.25) is 0 Å². The van der Waals surface area contributed by atoms with Crippen molar-refractivity contribution in [3.8, 4) is 0 Å². The number of phosphoric acid groups is 1. The van der Waals surface area contributed by atoms with E-state index in [9.17, 15) is 24.2 Å². The minimum atomic E-state index is -4.68. The first-order chi connectivity index (χ1) is 20.7. The van der Waals surface area contributed by atoms with E-state index in [2.05, 4.69) is 13.8 Å². The fraction of sp³-hybridized carbons (Fsp3) is 0.938. The Kier molecular flexibility index (Phi) is 29.0. The van der Waals surface area contributed by atoms with E-state index in [4.69, 9.17) is 23.6 Å². The average molecular weight is 639 g/mol. The molecule has 0 heterocycles. The minimum Gasteiger partial charge on any atom is -0.463 e. The molecule has 0 aromatic heterocycles. The normalized spacial score (nSPS) is 13.6. The van der Waals surface area contributed by atoms with Crippen molar-refractivity contribution in [2.24, 2.45) is 0 Å². The molecule has 0 amide bonds. The number of rotatable bonds is 32. The standard InChI is InChI=1S/C32H63O10P/c1-3-5-7-9-11-13-15-17-19-21-23-31(35)39-27-30(42-43(37,38)41-26-29(34)25-33)28-40-32(36)24-22-20-18-16-14-12-10-8-6-4-2/h29-30,33-34H,3-28H2,1-2H3,(H,37,38). The second kappa shape index (κ2) is 29.7. The number of aliphatic hydroxyl groups excluding tert-OH is 2. The Hall–Kier alpha value is -1.03. The van der Waals surface area contributed by atoms with Crippen LogP contribution in [0, 0.1) is 0 Å². The smallest absolute Gasteiger partial charge is 0.463 e. The number of carbonyl (C=O) groups excluding carboxylic acids is 2. The molecule has 0 fully saturated rings. The van der Waals surface area contributed by atoms with Crippen LogP contribution in [0.15, 0.2) is 0 Å². The molecule has 0 saturated carbocycles. The largest absolute Gasteiger partial charge is 0.472 e. The van der Waals surface area contributed by atoms with Gasteiger partial charge in [-0.3, -0.25) is 18.6 Å². The van der Waals surface area contributed by atoms with Gasteiger partial charge in [0.05, 0.1) is 13.2 Å². The Morgan fingerprint density at radius 1 is 0.605 bits per heavy atom. The van der Waals surface area contributed by atoms with Crippen molar-refractivity contribution in [3.63, 3.8) is 0 Å². The molecule has 256 valence electrons. The molecule has 2 unspecified atom stereocenters. The summed E-state index contributed by atoms with van der Waals surface area (Å²) in [5.41, 5.74) is 0. The Morgan fingerprint density at radius 2 is 0.953 bits per heavy atom. The number of aliphatic hydroxyl groups is 2. The monoisotopic (exact) mass is 638 g/mol. The summed E-state index contributed by atoms with van der Waals surface area (Å²) >= 11 is 0. The maximum Gasteiger partial charge on any atom is 0.472 e. The summed E-state index contributed by atoms with van der Waals surface area (Å²) in [6, 6.07) is 0. The van der Waals surface area contributed by atoms with Crippen molar-refractivity contribution in [2.75, 3.05) is 26.4 Å². The first kappa shape index (κ1) is 42.0. The molecule has 0 saturated heterocycles. The van der Waals surface area contributed by atoms with Gasteiger partial charge in [-0.2, -0.15) is 0 Å². The molecular formula is C32H63O10P. The van der Waals surface area contributed by atoms with Gasteiger partial charge in [0.25, 0.3) is 0 Å². The zero-order chi connectivity index (χ0) is 32.0. The second-order valence-corrected chi connectivity index (χ2v) is 13.0. The molecule has 43 heavy (non-hydrogen) atoms. The lowest BCUT2D eigenvalue weighted by Gasteiger charge is -2.21. The number of esters is 2. The number of unbranched alkanes of at least 4 members (excludes halogenated alkanes) is 18. The first-order valence-corrected chi connectivity index (χ1v) is 18.5. The van der Waals surface area contributed by atoms with Crippen LogP contribution in [0.5, 0.6) is 0 Å². The van der Waals surface area contributed by atoms with Gasteiger partial charge in [0.2, 0.25) is 0 Å². The molecule has 0 rings (SSSR count). The van der Waals surface area contributed by atoms with E-state index < -0.39 is 58.4 Å². The fourth-order valence-electron chi connectivity index (χ4n) is 4.59. The SMILES string of the molecule is CCCCCCCCCCCCC(=O)OCC(COC(=O)CCCCCCCCCCCC)OP(=O)(O)OCC(O)CO. The van der Waals surface area contributed by atoms with Crippen molar-refractivity contribution < 1.29 is 47.8 Å². The third-order valence-corrected chi connectivity index (χ3v) is 8.29. The van der Waals surface area contributed by atoms with Crippen LogP contribution in [0.3, 0.4) is 0 Å². The van der Waals surface area contributed by atoms with Crippen LogP contribution >= 0.6 is 7.82 Å². The highest BCUT2D eigenvalue weighted by atomic mass is 31.2. The fourth-order valence-corrected chi connectivity index (χ4v) is 5.51. The Labute approximate surface area is 261 Å². The van der Waals surface area contributed by atoms with Gasteiger partial charge in [0.15, 0.2) is 0 Å². The van der Waals surface area contributed by atoms with Gasteiger partial charge < -0.3 is 24.6 Å². The van der Waals surface area contributed by atoms with Gasteiger partial charge in [-0.15, -0.1) is 0 Å². The third-order valence-electron chi connectivity index (χ3n) is 7.25. The molecule has 0 spiro atoms. The predicted molar refractivity (Wildman–Crippen MR) is 169 cm³/mol. The number of hydrogen-bond acceptors (Lipinski definition) is 9. The van der Waals surface area contributed by atoms with E-state index >= 15 is 0 Å². The summed E-state index contributed by atoms with van der Waals surface area (Å²) in [5, 5.41) is 18.3. The number of phosphoric ester groups is 1. The second-order valence-electron chi connectivity index (χ2n) is 11.6. The van der Waals surface area contributed by atoms with Crippen LogP contribution in [0.4, 0.5) is 0 Å². The average Bonchev–Trinajstić information content (AvgIpc) is 2.99. The summed E-state index contributed by atoms with van der Waals surface area (Å²) in [5.74, 6) is -0.927. The van der Waals surface area contributed by atoms with Crippen LogP contribution < -0.4 is 0 Å². The lowest BCUT2D eigenvalue weighted by molar-refractivity contribution is -0.152. The summed E-state index contributed by atoms with van der Waals surface area (Å²) in [7, 11) is -4.68. The highest BCUT2D eigenvalue weighted by Crippen LogP contribution is 2.44. The van der Waals surface area contributed by atoms with Crippen molar-refractivity contribution in [1.82, 2.24) is 0 Å². The summed E-state index contributed by atoms with van der Waals surface area (Å²) in [6.45, 7) is 2.35. The molecule has 0 aromatic rings. The predicted octanol–water partition coefficient (Wildman–Crippen LogP) is 7.55. The molecule has 0 bridgehead atoms. The van der Waals surface area contributed by atoms with Crippen LogP contribution in [-0.4, -0.2) is 65.7 Å². The number of carbonyl (C=O) groups is 2. The highest BCUT2D eigenvalue weighted by molar-refractivity contribution is 7.47. The van der Waals surface area contributed by atoms with Crippen molar-refractivity contribution >= 4 is 19.8 Å².